The van der Waals surface area contributed by atoms with Crippen LogP contribution in [-0.2, 0) is 0 Å². The predicted octanol–water partition coefficient (Wildman–Crippen LogP) is 6.47. The normalized spacial score (nSPS) is 15.6. The van der Waals surface area contributed by atoms with Gasteiger partial charge in [-0.05, 0) is 49.2 Å². The van der Waals surface area contributed by atoms with Crippen molar-refractivity contribution in [3.8, 4) is 0 Å². The third-order valence-corrected chi connectivity index (χ3v) is 4.37. The summed E-state index contributed by atoms with van der Waals surface area (Å²) in [6, 6.07) is 0. The average Bonchev–Trinajstić information content (AvgIpc) is 2.27. The summed E-state index contributed by atoms with van der Waals surface area (Å²) in [5.41, 5.74) is 5.79. The van der Waals surface area contributed by atoms with Crippen LogP contribution in [0.1, 0.15) is 61.8 Å². The number of hydrogen-bond acceptors (Lipinski definition) is 0. The van der Waals surface area contributed by atoms with Crippen LogP contribution in [0.4, 0.5) is 0 Å². The van der Waals surface area contributed by atoms with E-state index in [2.05, 4.69) is 68.5 Å². The molecule has 0 atom stereocenters. The highest BCUT2D eigenvalue weighted by Crippen LogP contribution is 2.38. The molecule has 0 N–H and O–H groups in total. The number of allylic oxidation sites excluding steroid dienone is 6. The van der Waals surface area contributed by atoms with Crippen LogP contribution in [0.25, 0.3) is 0 Å². The highest BCUT2D eigenvalue weighted by atomic mass is 14.3. The van der Waals surface area contributed by atoms with Crippen molar-refractivity contribution in [3.63, 3.8) is 0 Å². The lowest BCUT2D eigenvalue weighted by Crippen LogP contribution is -2.15. The lowest BCUT2D eigenvalue weighted by molar-refractivity contribution is 0.450. The molecule has 0 unspecified atom stereocenters. The highest BCUT2D eigenvalue weighted by molar-refractivity contribution is 5.46. The third kappa shape index (κ3) is 4.53. The molecule has 0 saturated heterocycles. The van der Waals surface area contributed by atoms with Crippen molar-refractivity contribution in [2.24, 2.45) is 10.8 Å². The van der Waals surface area contributed by atoms with Gasteiger partial charge in [-0.25, -0.2) is 0 Å². The van der Waals surface area contributed by atoms with E-state index in [4.69, 9.17) is 0 Å². The van der Waals surface area contributed by atoms with Gasteiger partial charge in [-0.1, -0.05) is 64.5 Å². The Hall–Kier alpha value is -1.04. The minimum absolute atomic E-state index is 0.130. The minimum Gasteiger partial charge on any atom is -0.103 e. The van der Waals surface area contributed by atoms with Gasteiger partial charge in [0, 0.05) is 0 Å². The van der Waals surface area contributed by atoms with Crippen LogP contribution in [-0.4, -0.2) is 0 Å². The van der Waals surface area contributed by atoms with Gasteiger partial charge in [0.1, 0.15) is 0 Å². The fraction of sp³-hybridized carbons (Fsp3) is 0.579. The molecule has 0 aromatic heterocycles. The summed E-state index contributed by atoms with van der Waals surface area (Å²) >= 11 is 0. The van der Waals surface area contributed by atoms with Crippen molar-refractivity contribution in [3.05, 3.63) is 47.6 Å². The molecule has 0 amide bonds. The van der Waals surface area contributed by atoms with Crippen molar-refractivity contribution in [1.29, 1.82) is 0 Å². The Labute approximate surface area is 121 Å². The molecule has 0 fully saturated rings. The van der Waals surface area contributed by atoms with Gasteiger partial charge < -0.3 is 0 Å². The first kappa shape index (κ1) is 18.0. The van der Waals surface area contributed by atoms with E-state index in [0.29, 0.717) is 0 Å². The fourth-order valence-corrected chi connectivity index (χ4v) is 2.23. The maximum atomic E-state index is 4.02. The molecule has 0 rings (SSSR count). The van der Waals surface area contributed by atoms with Crippen molar-refractivity contribution in [2.45, 2.75) is 61.8 Å². The summed E-state index contributed by atoms with van der Waals surface area (Å²) < 4.78 is 0. The van der Waals surface area contributed by atoms with E-state index in [-0.39, 0.29) is 10.8 Å². The first-order valence-corrected chi connectivity index (χ1v) is 7.12. The molecule has 0 spiro atoms. The average molecular weight is 260 g/mol. The van der Waals surface area contributed by atoms with Crippen LogP contribution < -0.4 is 0 Å². The third-order valence-electron chi connectivity index (χ3n) is 4.37. The van der Waals surface area contributed by atoms with Gasteiger partial charge in [0.25, 0.3) is 0 Å². The van der Waals surface area contributed by atoms with Gasteiger partial charge in [-0.3, -0.25) is 0 Å². The Balaban J connectivity index is 5.93. The van der Waals surface area contributed by atoms with Crippen LogP contribution in [0, 0.1) is 10.8 Å². The SMILES string of the molecule is C=CCC(C)(C)C(C)=C(C=C)C(C)=C(C)C(C)(C)C. The van der Waals surface area contributed by atoms with Crippen LogP contribution in [0.15, 0.2) is 47.6 Å². The molecule has 0 aromatic carbocycles. The summed E-state index contributed by atoms with van der Waals surface area (Å²) in [4.78, 5) is 0. The van der Waals surface area contributed by atoms with E-state index in [1.807, 2.05) is 12.2 Å². The van der Waals surface area contributed by atoms with E-state index >= 15 is 0 Å². The fourth-order valence-electron chi connectivity index (χ4n) is 2.23. The molecule has 0 aliphatic rings. The zero-order chi connectivity index (χ0) is 15.4. The van der Waals surface area contributed by atoms with Crippen molar-refractivity contribution in [1.82, 2.24) is 0 Å². The van der Waals surface area contributed by atoms with Gasteiger partial charge >= 0.3 is 0 Å². The number of rotatable bonds is 5. The van der Waals surface area contributed by atoms with Crippen LogP contribution in [0.3, 0.4) is 0 Å². The van der Waals surface area contributed by atoms with Crippen molar-refractivity contribution < 1.29 is 0 Å². The summed E-state index contributed by atoms with van der Waals surface area (Å²) in [5, 5.41) is 0. The van der Waals surface area contributed by atoms with Crippen molar-refractivity contribution >= 4 is 0 Å². The van der Waals surface area contributed by atoms with Crippen LogP contribution >= 0.6 is 0 Å². The largest absolute Gasteiger partial charge is 0.103 e. The van der Waals surface area contributed by atoms with E-state index in [0.717, 1.165) is 6.42 Å². The second kappa shape index (κ2) is 6.41. The molecule has 0 bridgehead atoms. The number of hydrogen-bond donors (Lipinski definition) is 0. The van der Waals surface area contributed by atoms with Crippen LogP contribution in [0.5, 0.6) is 0 Å². The lowest BCUT2D eigenvalue weighted by atomic mass is 9.76. The Bertz CT molecular complexity index is 406. The standard InChI is InChI=1S/C19H32/c1-11-13-19(9,10)16(5)17(12-2)14(3)15(4)18(6,7)8/h11-12H,1-2,13H2,3-10H3. The van der Waals surface area contributed by atoms with Gasteiger partial charge in [0.05, 0.1) is 0 Å². The Morgan fingerprint density at radius 3 is 1.68 bits per heavy atom. The molecule has 0 nitrogen and oxygen atoms in total. The van der Waals surface area contributed by atoms with E-state index in [9.17, 15) is 0 Å². The van der Waals surface area contributed by atoms with E-state index in [1.165, 1.54) is 22.3 Å². The quantitative estimate of drug-likeness (QED) is 0.392. The molecule has 19 heavy (non-hydrogen) atoms. The Morgan fingerprint density at radius 2 is 1.37 bits per heavy atom. The molecule has 0 heterocycles. The second-order valence-electron chi connectivity index (χ2n) is 7.12. The minimum atomic E-state index is 0.130. The van der Waals surface area contributed by atoms with E-state index < -0.39 is 0 Å². The molecule has 0 aromatic rings. The van der Waals surface area contributed by atoms with Gasteiger partial charge in [0.15, 0.2) is 0 Å². The zero-order valence-corrected chi connectivity index (χ0v) is 14.3. The molecule has 108 valence electrons. The van der Waals surface area contributed by atoms with Crippen LogP contribution in [0.2, 0.25) is 0 Å². The Morgan fingerprint density at radius 1 is 0.895 bits per heavy atom. The maximum Gasteiger partial charge on any atom is -0.0104 e. The summed E-state index contributed by atoms with van der Waals surface area (Å²) in [5.74, 6) is 0. The topological polar surface area (TPSA) is 0 Å². The molecule has 0 saturated carbocycles. The Kier molecular flexibility index (Phi) is 6.06. The zero-order valence-electron chi connectivity index (χ0n) is 14.3. The van der Waals surface area contributed by atoms with Gasteiger partial charge in [-0.15, -0.1) is 6.58 Å². The first-order valence-electron chi connectivity index (χ1n) is 7.12. The molecule has 0 heteroatoms. The lowest BCUT2D eigenvalue weighted by Gasteiger charge is -2.29. The monoisotopic (exact) mass is 260 g/mol. The second-order valence-corrected chi connectivity index (χ2v) is 7.12. The maximum absolute atomic E-state index is 4.02. The summed E-state index contributed by atoms with van der Waals surface area (Å²) in [7, 11) is 0. The molecular formula is C19H32. The molecule has 0 radical (unpaired) electrons. The van der Waals surface area contributed by atoms with Gasteiger partial charge in [0.2, 0.25) is 0 Å². The summed E-state index contributed by atoms with van der Waals surface area (Å²) in [6.07, 6.45) is 4.99. The predicted molar refractivity (Wildman–Crippen MR) is 89.3 cm³/mol. The molecular weight excluding hydrogens is 228 g/mol. The molecule has 0 aliphatic heterocycles. The summed E-state index contributed by atoms with van der Waals surface area (Å²) in [6.45, 7) is 25.9. The smallest absolute Gasteiger partial charge is 0.0104 e. The van der Waals surface area contributed by atoms with E-state index in [1.54, 1.807) is 0 Å². The molecule has 0 aliphatic carbocycles. The first-order chi connectivity index (χ1) is 8.49. The van der Waals surface area contributed by atoms with Gasteiger partial charge in [-0.2, -0.15) is 0 Å². The highest BCUT2D eigenvalue weighted by Gasteiger charge is 2.23. The van der Waals surface area contributed by atoms with Crippen molar-refractivity contribution in [2.75, 3.05) is 0 Å².